The van der Waals surface area contributed by atoms with Crippen LogP contribution < -0.4 is 16.0 Å². The van der Waals surface area contributed by atoms with Crippen molar-refractivity contribution < 1.29 is 9.18 Å². The van der Waals surface area contributed by atoms with Gasteiger partial charge in [0.1, 0.15) is 11.5 Å². The van der Waals surface area contributed by atoms with Crippen molar-refractivity contribution in [3.63, 3.8) is 0 Å². The molecule has 0 radical (unpaired) electrons. The number of pyridine rings is 2. The SMILES string of the molecule is CNC(=O)Nc1c(Nc2cc(-c3cc(Cl)ccc3F)ncc2C)ccnc1C=N. The van der Waals surface area contributed by atoms with Gasteiger partial charge in [0.25, 0.3) is 0 Å². The third kappa shape index (κ3) is 4.49. The number of hydrogen-bond donors (Lipinski definition) is 4. The third-order valence-corrected chi connectivity index (χ3v) is 4.39. The molecule has 2 amide bonds. The fourth-order valence-electron chi connectivity index (χ4n) is 2.64. The van der Waals surface area contributed by atoms with E-state index in [9.17, 15) is 9.18 Å². The molecule has 3 rings (SSSR count). The lowest BCUT2D eigenvalue weighted by Crippen LogP contribution is -2.25. The van der Waals surface area contributed by atoms with E-state index in [1.54, 1.807) is 18.3 Å². The first-order valence-electron chi connectivity index (χ1n) is 8.60. The predicted octanol–water partition coefficient (Wildman–Crippen LogP) is 4.74. The molecule has 0 atom stereocenters. The first kappa shape index (κ1) is 20.2. The second-order valence-corrected chi connectivity index (χ2v) is 6.54. The molecular formula is C20H18ClFN6O. The molecule has 0 saturated carbocycles. The van der Waals surface area contributed by atoms with E-state index in [1.807, 2.05) is 6.92 Å². The van der Waals surface area contributed by atoms with Crippen LogP contribution in [0, 0.1) is 18.2 Å². The topological polar surface area (TPSA) is 103 Å². The predicted molar refractivity (Wildman–Crippen MR) is 113 cm³/mol. The lowest BCUT2D eigenvalue weighted by atomic mass is 10.1. The number of aryl methyl sites for hydroxylation is 1. The highest BCUT2D eigenvalue weighted by atomic mass is 35.5. The number of anilines is 3. The van der Waals surface area contributed by atoms with Gasteiger partial charge >= 0.3 is 6.03 Å². The summed E-state index contributed by atoms with van der Waals surface area (Å²) < 4.78 is 14.3. The Kier molecular flexibility index (Phi) is 6.04. The zero-order valence-corrected chi connectivity index (χ0v) is 16.4. The molecule has 7 nitrogen and oxygen atoms in total. The van der Waals surface area contributed by atoms with Gasteiger partial charge in [-0.3, -0.25) is 9.97 Å². The summed E-state index contributed by atoms with van der Waals surface area (Å²) in [6.45, 7) is 1.85. The number of amides is 2. The van der Waals surface area contributed by atoms with Gasteiger partial charge in [0.15, 0.2) is 0 Å². The average molecular weight is 413 g/mol. The molecule has 148 valence electrons. The van der Waals surface area contributed by atoms with Gasteiger partial charge in [0, 0.05) is 41.9 Å². The van der Waals surface area contributed by atoms with Gasteiger partial charge in [0.2, 0.25) is 0 Å². The third-order valence-electron chi connectivity index (χ3n) is 4.16. The molecule has 1 aromatic carbocycles. The summed E-state index contributed by atoms with van der Waals surface area (Å²) in [4.78, 5) is 20.2. The average Bonchev–Trinajstić information content (AvgIpc) is 2.72. The Morgan fingerprint density at radius 2 is 2.00 bits per heavy atom. The molecule has 2 heterocycles. The van der Waals surface area contributed by atoms with Gasteiger partial charge in [-0.2, -0.15) is 0 Å². The van der Waals surface area contributed by atoms with Crippen LogP contribution in [0.1, 0.15) is 11.3 Å². The standard InChI is InChI=1S/C20H18ClFN6O/c1-11-10-26-17(13-7-12(21)3-4-14(13)22)8-16(11)27-15-5-6-25-18(9-23)19(15)28-20(29)24-2/h3-10,23H,1-2H3,(H2,24,28,29)(H,25,26,27). The summed E-state index contributed by atoms with van der Waals surface area (Å²) in [5, 5.41) is 16.3. The van der Waals surface area contributed by atoms with Crippen molar-refractivity contribution >= 4 is 40.9 Å². The summed E-state index contributed by atoms with van der Waals surface area (Å²) in [5.74, 6) is -0.436. The summed E-state index contributed by atoms with van der Waals surface area (Å²) in [6, 6.07) is 7.18. The van der Waals surface area contributed by atoms with Gasteiger partial charge in [-0.05, 0) is 42.8 Å². The van der Waals surface area contributed by atoms with Crippen molar-refractivity contribution in [2.45, 2.75) is 6.92 Å². The molecule has 0 aliphatic heterocycles. The van der Waals surface area contributed by atoms with Crippen LogP contribution >= 0.6 is 11.6 Å². The lowest BCUT2D eigenvalue weighted by Gasteiger charge is -2.16. The van der Waals surface area contributed by atoms with Gasteiger partial charge in [-0.15, -0.1) is 0 Å². The van der Waals surface area contributed by atoms with E-state index < -0.39 is 11.8 Å². The minimum absolute atomic E-state index is 0.277. The lowest BCUT2D eigenvalue weighted by molar-refractivity contribution is 0.254. The molecule has 3 aromatic rings. The number of rotatable bonds is 5. The highest BCUT2D eigenvalue weighted by Gasteiger charge is 2.14. The Labute approximate surface area is 171 Å². The Hall–Kier alpha value is -3.52. The molecular weight excluding hydrogens is 395 g/mol. The molecule has 0 bridgehead atoms. The van der Waals surface area contributed by atoms with Crippen LogP contribution in [-0.2, 0) is 0 Å². The molecule has 0 fully saturated rings. The van der Waals surface area contributed by atoms with Crippen molar-refractivity contribution in [1.29, 1.82) is 5.41 Å². The minimum atomic E-state index is -0.447. The fraction of sp³-hybridized carbons (Fsp3) is 0.100. The van der Waals surface area contributed by atoms with Crippen LogP contribution in [0.5, 0.6) is 0 Å². The zero-order valence-electron chi connectivity index (χ0n) is 15.7. The number of nitrogens with zero attached hydrogens (tertiary/aromatic N) is 2. The second-order valence-electron chi connectivity index (χ2n) is 6.10. The van der Waals surface area contributed by atoms with Crippen LogP contribution in [0.15, 0.2) is 42.7 Å². The number of carbonyl (C=O) groups is 1. The van der Waals surface area contributed by atoms with Crippen molar-refractivity contribution in [2.75, 3.05) is 17.7 Å². The summed E-state index contributed by atoms with van der Waals surface area (Å²) in [6.07, 6.45) is 4.18. The maximum Gasteiger partial charge on any atom is 0.319 e. The van der Waals surface area contributed by atoms with Crippen LogP contribution in [0.4, 0.5) is 26.2 Å². The first-order chi connectivity index (χ1) is 13.9. The molecule has 0 unspecified atom stereocenters. The second kappa shape index (κ2) is 8.66. The number of halogens is 2. The Bertz CT molecular complexity index is 1090. The number of benzene rings is 1. The van der Waals surface area contributed by atoms with Crippen molar-refractivity contribution in [2.24, 2.45) is 0 Å². The fourth-order valence-corrected chi connectivity index (χ4v) is 2.82. The maximum atomic E-state index is 14.3. The summed E-state index contributed by atoms with van der Waals surface area (Å²) in [7, 11) is 1.49. The van der Waals surface area contributed by atoms with Gasteiger partial charge in [-0.25, -0.2) is 9.18 Å². The van der Waals surface area contributed by atoms with Crippen molar-refractivity contribution in [3.8, 4) is 11.3 Å². The molecule has 29 heavy (non-hydrogen) atoms. The molecule has 9 heteroatoms. The Morgan fingerprint density at radius 1 is 1.21 bits per heavy atom. The highest BCUT2D eigenvalue weighted by molar-refractivity contribution is 6.30. The van der Waals surface area contributed by atoms with E-state index in [2.05, 4.69) is 25.9 Å². The summed E-state index contributed by atoms with van der Waals surface area (Å²) >= 11 is 6.00. The number of aromatic nitrogens is 2. The molecule has 0 aliphatic carbocycles. The largest absolute Gasteiger partial charge is 0.353 e. The van der Waals surface area contributed by atoms with E-state index >= 15 is 0 Å². The zero-order chi connectivity index (χ0) is 21.0. The molecule has 2 aromatic heterocycles. The van der Waals surface area contributed by atoms with E-state index in [0.29, 0.717) is 27.8 Å². The monoisotopic (exact) mass is 412 g/mol. The van der Waals surface area contributed by atoms with Gasteiger partial charge < -0.3 is 21.4 Å². The quantitative estimate of drug-likeness (QED) is 0.454. The van der Waals surface area contributed by atoms with Crippen molar-refractivity contribution in [3.05, 3.63) is 64.8 Å². The van der Waals surface area contributed by atoms with E-state index in [-0.39, 0.29) is 11.3 Å². The number of hydrogen-bond acceptors (Lipinski definition) is 5. The number of nitrogens with one attached hydrogen (secondary N) is 4. The van der Waals surface area contributed by atoms with Crippen LogP contribution in [0.25, 0.3) is 11.3 Å². The highest BCUT2D eigenvalue weighted by Crippen LogP contribution is 2.32. The normalized spacial score (nSPS) is 10.3. The van der Waals surface area contributed by atoms with Gasteiger partial charge in [-0.1, -0.05) is 11.6 Å². The van der Waals surface area contributed by atoms with Gasteiger partial charge in [0.05, 0.1) is 17.1 Å². The van der Waals surface area contributed by atoms with E-state index in [4.69, 9.17) is 17.0 Å². The number of carbonyl (C=O) groups excluding carboxylic acids is 1. The molecule has 4 N–H and O–H groups in total. The summed E-state index contributed by atoms with van der Waals surface area (Å²) in [5.41, 5.74) is 3.28. The van der Waals surface area contributed by atoms with Crippen LogP contribution in [0.2, 0.25) is 5.02 Å². The Balaban J connectivity index is 2.04. The van der Waals surface area contributed by atoms with E-state index in [0.717, 1.165) is 11.8 Å². The van der Waals surface area contributed by atoms with Crippen molar-refractivity contribution in [1.82, 2.24) is 15.3 Å². The van der Waals surface area contributed by atoms with E-state index in [1.165, 1.54) is 31.4 Å². The maximum absolute atomic E-state index is 14.3. The molecule has 0 aliphatic rings. The Morgan fingerprint density at radius 3 is 2.72 bits per heavy atom. The first-order valence-corrected chi connectivity index (χ1v) is 8.98. The molecule has 0 saturated heterocycles. The number of urea groups is 1. The molecule has 0 spiro atoms. The smallest absolute Gasteiger partial charge is 0.319 e. The van der Waals surface area contributed by atoms with Crippen LogP contribution in [-0.4, -0.2) is 29.3 Å². The van der Waals surface area contributed by atoms with Crippen LogP contribution in [0.3, 0.4) is 0 Å². The minimum Gasteiger partial charge on any atom is -0.353 e.